The molecule has 1 aliphatic rings. The summed E-state index contributed by atoms with van der Waals surface area (Å²) in [5.74, 6) is 1.10. The summed E-state index contributed by atoms with van der Waals surface area (Å²) in [6.07, 6.45) is 0.856. The Morgan fingerprint density at radius 2 is 2.00 bits per heavy atom. The summed E-state index contributed by atoms with van der Waals surface area (Å²) < 4.78 is 11.2. The normalized spacial score (nSPS) is 13.9. The molecule has 1 aromatic heterocycles. The number of ether oxygens (including phenoxy) is 1. The van der Waals surface area contributed by atoms with Crippen molar-refractivity contribution in [3.05, 3.63) is 47.4 Å². The number of rotatable bonds is 5. The molecule has 3 rings (SSSR count). The molecule has 2 aromatic rings. The van der Waals surface area contributed by atoms with Gasteiger partial charge in [-0.05, 0) is 41.7 Å². The standard InChI is InChI=1S/C21H26N2O4/c1-5-10-22-20(25)18-9-7-15(27-18)12-23-16-11-14(21(2,3)4)6-8-17(16)26-13-19(23)24/h6-9,11H,5,10,12-13H2,1-4H3,(H,22,25). The zero-order valence-corrected chi connectivity index (χ0v) is 16.3. The Hall–Kier alpha value is -2.76. The Balaban J connectivity index is 1.85. The van der Waals surface area contributed by atoms with Crippen molar-refractivity contribution in [1.29, 1.82) is 0 Å². The Morgan fingerprint density at radius 3 is 2.70 bits per heavy atom. The molecular formula is C21H26N2O4. The highest BCUT2D eigenvalue weighted by molar-refractivity contribution is 5.98. The highest BCUT2D eigenvalue weighted by Crippen LogP contribution is 2.37. The van der Waals surface area contributed by atoms with Crippen LogP contribution in [0.4, 0.5) is 5.69 Å². The van der Waals surface area contributed by atoms with Gasteiger partial charge in [-0.25, -0.2) is 0 Å². The fourth-order valence-corrected chi connectivity index (χ4v) is 2.91. The quantitative estimate of drug-likeness (QED) is 0.872. The van der Waals surface area contributed by atoms with Crippen LogP contribution in [0.15, 0.2) is 34.7 Å². The van der Waals surface area contributed by atoms with Crippen LogP contribution in [0.1, 0.15) is 56.0 Å². The largest absolute Gasteiger partial charge is 0.482 e. The number of anilines is 1. The monoisotopic (exact) mass is 370 g/mol. The van der Waals surface area contributed by atoms with Gasteiger partial charge in [0, 0.05) is 6.54 Å². The van der Waals surface area contributed by atoms with Crippen LogP contribution in [0.2, 0.25) is 0 Å². The van der Waals surface area contributed by atoms with Crippen molar-refractivity contribution in [2.24, 2.45) is 0 Å². The lowest BCUT2D eigenvalue weighted by Crippen LogP contribution is -2.38. The van der Waals surface area contributed by atoms with Crippen LogP contribution < -0.4 is 15.0 Å². The lowest BCUT2D eigenvalue weighted by atomic mass is 9.86. The molecule has 2 amide bonds. The van der Waals surface area contributed by atoms with Crippen molar-refractivity contribution >= 4 is 17.5 Å². The van der Waals surface area contributed by atoms with Crippen molar-refractivity contribution < 1.29 is 18.7 Å². The average molecular weight is 370 g/mol. The van der Waals surface area contributed by atoms with Crippen molar-refractivity contribution in [2.75, 3.05) is 18.1 Å². The second-order valence-corrected chi connectivity index (χ2v) is 7.72. The summed E-state index contributed by atoms with van der Waals surface area (Å²) in [5.41, 5.74) is 1.80. The lowest BCUT2D eigenvalue weighted by Gasteiger charge is -2.30. The molecule has 0 unspecified atom stereocenters. The third-order valence-electron chi connectivity index (χ3n) is 4.50. The molecule has 0 saturated heterocycles. The van der Waals surface area contributed by atoms with E-state index in [0.29, 0.717) is 18.1 Å². The van der Waals surface area contributed by atoms with Gasteiger partial charge in [-0.1, -0.05) is 33.8 Å². The smallest absolute Gasteiger partial charge is 0.286 e. The van der Waals surface area contributed by atoms with Gasteiger partial charge >= 0.3 is 0 Å². The van der Waals surface area contributed by atoms with E-state index in [4.69, 9.17) is 9.15 Å². The number of benzene rings is 1. The zero-order valence-electron chi connectivity index (χ0n) is 16.3. The van der Waals surface area contributed by atoms with Gasteiger partial charge in [0.05, 0.1) is 12.2 Å². The lowest BCUT2D eigenvalue weighted by molar-refractivity contribution is -0.121. The predicted octanol–water partition coefficient (Wildman–Crippen LogP) is 3.64. The Labute approximate surface area is 159 Å². The maximum Gasteiger partial charge on any atom is 0.286 e. The first-order valence-corrected chi connectivity index (χ1v) is 9.24. The van der Waals surface area contributed by atoms with Crippen LogP contribution >= 0.6 is 0 Å². The Kier molecular flexibility index (Phi) is 5.26. The van der Waals surface area contributed by atoms with Crippen LogP contribution in [0, 0.1) is 0 Å². The molecule has 6 heteroatoms. The fourth-order valence-electron chi connectivity index (χ4n) is 2.91. The number of nitrogens with one attached hydrogen (secondary N) is 1. The molecule has 2 heterocycles. The Morgan fingerprint density at radius 1 is 1.22 bits per heavy atom. The van der Waals surface area contributed by atoms with E-state index < -0.39 is 0 Å². The van der Waals surface area contributed by atoms with E-state index in [2.05, 4.69) is 26.1 Å². The van der Waals surface area contributed by atoms with Crippen LogP contribution in [0.5, 0.6) is 5.75 Å². The molecule has 0 radical (unpaired) electrons. The van der Waals surface area contributed by atoms with Gasteiger partial charge in [0.25, 0.3) is 11.8 Å². The minimum Gasteiger partial charge on any atom is -0.482 e. The third-order valence-corrected chi connectivity index (χ3v) is 4.50. The van der Waals surface area contributed by atoms with Crippen molar-refractivity contribution in [3.8, 4) is 5.75 Å². The minimum atomic E-state index is -0.244. The number of hydrogen-bond donors (Lipinski definition) is 1. The van der Waals surface area contributed by atoms with E-state index in [1.54, 1.807) is 17.0 Å². The van der Waals surface area contributed by atoms with Gasteiger partial charge in [0.2, 0.25) is 0 Å². The molecule has 0 atom stereocenters. The average Bonchev–Trinajstić information content (AvgIpc) is 3.09. The summed E-state index contributed by atoms with van der Waals surface area (Å²) in [6, 6.07) is 9.29. The number of hydrogen-bond acceptors (Lipinski definition) is 4. The molecule has 0 aliphatic carbocycles. The maximum atomic E-state index is 12.5. The fraction of sp³-hybridized carbons (Fsp3) is 0.429. The van der Waals surface area contributed by atoms with Crippen molar-refractivity contribution in [1.82, 2.24) is 5.32 Å². The first-order valence-electron chi connectivity index (χ1n) is 9.24. The Bertz CT molecular complexity index is 848. The molecule has 0 saturated carbocycles. The summed E-state index contributed by atoms with van der Waals surface area (Å²) in [5, 5.41) is 2.78. The van der Waals surface area contributed by atoms with E-state index in [9.17, 15) is 9.59 Å². The molecule has 0 bridgehead atoms. The van der Waals surface area contributed by atoms with Crippen LogP contribution in [0.25, 0.3) is 0 Å². The van der Waals surface area contributed by atoms with E-state index in [0.717, 1.165) is 17.7 Å². The maximum absolute atomic E-state index is 12.5. The number of fused-ring (bicyclic) bond motifs is 1. The van der Waals surface area contributed by atoms with Gasteiger partial charge < -0.3 is 14.5 Å². The summed E-state index contributed by atoms with van der Waals surface area (Å²) >= 11 is 0. The summed E-state index contributed by atoms with van der Waals surface area (Å²) in [7, 11) is 0. The third kappa shape index (κ3) is 4.15. The molecule has 1 aromatic carbocycles. The van der Waals surface area contributed by atoms with Crippen LogP contribution in [-0.4, -0.2) is 25.0 Å². The molecular weight excluding hydrogens is 344 g/mol. The van der Waals surface area contributed by atoms with Crippen LogP contribution in [-0.2, 0) is 16.8 Å². The van der Waals surface area contributed by atoms with E-state index in [1.165, 1.54) is 0 Å². The number of nitrogens with zero attached hydrogens (tertiary/aromatic N) is 1. The summed E-state index contributed by atoms with van der Waals surface area (Å²) in [6.45, 7) is 9.20. The molecule has 0 spiro atoms. The second kappa shape index (κ2) is 7.47. The van der Waals surface area contributed by atoms with Crippen molar-refractivity contribution in [2.45, 2.75) is 46.1 Å². The molecule has 6 nitrogen and oxygen atoms in total. The highest BCUT2D eigenvalue weighted by atomic mass is 16.5. The van der Waals surface area contributed by atoms with Crippen molar-refractivity contribution in [3.63, 3.8) is 0 Å². The topological polar surface area (TPSA) is 71.8 Å². The summed E-state index contributed by atoms with van der Waals surface area (Å²) in [4.78, 5) is 26.2. The minimum absolute atomic E-state index is 0.00752. The van der Waals surface area contributed by atoms with Gasteiger partial charge in [-0.15, -0.1) is 0 Å². The molecule has 144 valence electrons. The van der Waals surface area contributed by atoms with E-state index >= 15 is 0 Å². The van der Waals surface area contributed by atoms with Gasteiger partial charge in [0.1, 0.15) is 11.5 Å². The van der Waals surface area contributed by atoms with Gasteiger partial charge in [-0.3, -0.25) is 14.5 Å². The molecule has 1 N–H and O–H groups in total. The second-order valence-electron chi connectivity index (χ2n) is 7.72. The number of carbonyl (C=O) groups excluding carboxylic acids is 2. The number of amides is 2. The van der Waals surface area contributed by atoms with Crippen LogP contribution in [0.3, 0.4) is 0 Å². The highest BCUT2D eigenvalue weighted by Gasteiger charge is 2.28. The molecule has 1 aliphatic heterocycles. The predicted molar refractivity (Wildman–Crippen MR) is 103 cm³/mol. The molecule has 0 fully saturated rings. The first kappa shape index (κ1) is 19.0. The number of furan rings is 1. The van der Waals surface area contributed by atoms with E-state index in [1.807, 2.05) is 25.1 Å². The van der Waals surface area contributed by atoms with E-state index in [-0.39, 0.29) is 36.1 Å². The first-order chi connectivity index (χ1) is 12.8. The zero-order chi connectivity index (χ0) is 19.6. The van der Waals surface area contributed by atoms with Gasteiger partial charge in [-0.2, -0.15) is 0 Å². The van der Waals surface area contributed by atoms with Gasteiger partial charge in [0.15, 0.2) is 12.4 Å². The number of carbonyl (C=O) groups is 2. The SMILES string of the molecule is CCCNC(=O)c1ccc(CN2C(=O)COc3ccc(C(C)(C)C)cc32)o1. The molecule has 27 heavy (non-hydrogen) atoms.